The Balaban J connectivity index is 1.67. The van der Waals surface area contributed by atoms with Crippen molar-refractivity contribution in [3.8, 4) is 0 Å². The van der Waals surface area contributed by atoms with Gasteiger partial charge in [0.2, 0.25) is 0 Å². The molecule has 0 bridgehead atoms. The number of rotatable bonds is 3. The van der Waals surface area contributed by atoms with E-state index in [0.29, 0.717) is 0 Å². The van der Waals surface area contributed by atoms with Gasteiger partial charge in [-0.1, -0.05) is 77.0 Å². The van der Waals surface area contributed by atoms with Crippen molar-refractivity contribution >= 4 is 16.5 Å². The zero-order valence-corrected chi connectivity index (χ0v) is 15.2. The summed E-state index contributed by atoms with van der Waals surface area (Å²) in [6, 6.07) is 0. The summed E-state index contributed by atoms with van der Waals surface area (Å²) in [4.78, 5) is 0. The third-order valence-electron chi connectivity index (χ3n) is 5.04. The van der Waals surface area contributed by atoms with E-state index in [4.69, 9.17) is 0 Å². The Morgan fingerprint density at radius 3 is 0.900 bits per heavy atom. The zero-order valence-electron chi connectivity index (χ0n) is 13.4. The van der Waals surface area contributed by atoms with E-state index in [-0.39, 0.29) is 0 Å². The lowest BCUT2D eigenvalue weighted by molar-refractivity contribution is 0.624. The molecule has 0 atom stereocenters. The van der Waals surface area contributed by atoms with Gasteiger partial charge < -0.3 is 0 Å². The van der Waals surface area contributed by atoms with Gasteiger partial charge in [0.25, 0.3) is 0 Å². The first-order valence-corrected chi connectivity index (χ1v) is 12.0. The van der Waals surface area contributed by atoms with Crippen LogP contribution < -0.4 is 0 Å². The minimum atomic E-state index is 1.04. The summed E-state index contributed by atoms with van der Waals surface area (Å²) in [5.41, 5.74) is 2.09. The monoisotopic (exact) mass is 312 g/mol. The number of hydrogen-bond donors (Lipinski definition) is 0. The maximum absolute atomic E-state index is 1.80. The maximum atomic E-state index is 1.80. The highest BCUT2D eigenvalue weighted by molar-refractivity contribution is 8.12. The summed E-state index contributed by atoms with van der Waals surface area (Å²) in [6.07, 6.45) is 24.2. The Labute approximate surface area is 131 Å². The van der Waals surface area contributed by atoms with Gasteiger partial charge in [0.05, 0.1) is 0 Å². The highest BCUT2D eigenvalue weighted by Gasteiger charge is 2.16. The zero-order chi connectivity index (χ0) is 13.9. The second kappa shape index (κ2) is 11.4. The quantitative estimate of drug-likeness (QED) is 0.466. The fourth-order valence-electron chi connectivity index (χ4n) is 3.64. The van der Waals surface area contributed by atoms with Crippen molar-refractivity contribution in [2.24, 2.45) is 0 Å². The average molecular weight is 312 g/mol. The molecule has 0 saturated heterocycles. The molecule has 0 amide bonds. The SMILES string of the molecule is C1CCCCC([P][P]C2CCCCCCCC2)CCC1. The second-order valence-corrected chi connectivity index (χ2v) is 10.2. The lowest BCUT2D eigenvalue weighted by Gasteiger charge is -2.19. The summed E-state index contributed by atoms with van der Waals surface area (Å²) >= 11 is 0. The van der Waals surface area contributed by atoms with E-state index in [1.807, 2.05) is 0 Å². The first-order chi connectivity index (χ1) is 9.95. The summed E-state index contributed by atoms with van der Waals surface area (Å²) < 4.78 is 0. The molecule has 0 nitrogen and oxygen atoms in total. The van der Waals surface area contributed by atoms with Crippen molar-refractivity contribution < 1.29 is 0 Å². The molecule has 0 unspecified atom stereocenters. The normalized spacial score (nSPS) is 27.0. The van der Waals surface area contributed by atoms with Gasteiger partial charge in [0.15, 0.2) is 0 Å². The topological polar surface area (TPSA) is 0 Å². The van der Waals surface area contributed by atoms with Gasteiger partial charge in [-0.2, -0.15) is 0 Å². The molecule has 2 heteroatoms. The molecule has 2 fully saturated rings. The summed E-state index contributed by atoms with van der Waals surface area (Å²) in [6.45, 7) is 0. The number of hydrogen-bond acceptors (Lipinski definition) is 0. The molecule has 2 aliphatic rings. The molecule has 0 aromatic carbocycles. The van der Waals surface area contributed by atoms with Crippen LogP contribution in [0.2, 0.25) is 0 Å². The Morgan fingerprint density at radius 2 is 0.600 bits per heavy atom. The second-order valence-electron chi connectivity index (χ2n) is 6.94. The highest BCUT2D eigenvalue weighted by atomic mass is 32.0. The highest BCUT2D eigenvalue weighted by Crippen LogP contribution is 2.50. The first-order valence-electron chi connectivity index (χ1n) is 9.35. The molecule has 116 valence electrons. The van der Waals surface area contributed by atoms with Gasteiger partial charge in [-0.05, 0) is 53.5 Å². The minimum Gasteiger partial charge on any atom is -0.0533 e. The van der Waals surface area contributed by atoms with E-state index >= 15 is 0 Å². The van der Waals surface area contributed by atoms with Crippen LogP contribution in [-0.2, 0) is 0 Å². The minimum absolute atomic E-state index is 1.04. The van der Waals surface area contributed by atoms with Crippen LogP contribution in [0.3, 0.4) is 0 Å². The lowest BCUT2D eigenvalue weighted by atomic mass is 10.1. The van der Waals surface area contributed by atoms with Gasteiger partial charge in [-0.3, -0.25) is 0 Å². The first kappa shape index (κ1) is 17.2. The van der Waals surface area contributed by atoms with Gasteiger partial charge >= 0.3 is 0 Å². The molecule has 2 saturated carbocycles. The van der Waals surface area contributed by atoms with Crippen LogP contribution in [0, 0.1) is 0 Å². The molecule has 0 spiro atoms. The van der Waals surface area contributed by atoms with Crippen LogP contribution in [0.25, 0.3) is 0 Å². The molecule has 20 heavy (non-hydrogen) atoms. The standard InChI is InChI=1S/C18H34P2/c1-2-6-10-14-17(13-9-5-1)19-20-18-15-11-7-3-4-8-12-16-18/h17-18H,1-16H2. The van der Waals surface area contributed by atoms with Crippen LogP contribution >= 0.6 is 16.5 Å². The third kappa shape index (κ3) is 7.75. The van der Waals surface area contributed by atoms with Gasteiger partial charge in [0.1, 0.15) is 0 Å². The van der Waals surface area contributed by atoms with Crippen molar-refractivity contribution in [2.45, 2.75) is 114 Å². The fourth-order valence-corrected chi connectivity index (χ4v) is 7.73. The van der Waals surface area contributed by atoms with E-state index in [2.05, 4.69) is 0 Å². The van der Waals surface area contributed by atoms with Crippen LogP contribution in [0.4, 0.5) is 0 Å². The van der Waals surface area contributed by atoms with Crippen molar-refractivity contribution in [3.05, 3.63) is 0 Å². The molecule has 2 aliphatic carbocycles. The van der Waals surface area contributed by atoms with Crippen LogP contribution in [0.15, 0.2) is 0 Å². The van der Waals surface area contributed by atoms with Gasteiger partial charge in [0, 0.05) is 0 Å². The molecule has 0 aromatic heterocycles. The Hall–Kier alpha value is 0.860. The molecule has 2 rings (SSSR count). The molecular weight excluding hydrogens is 278 g/mol. The van der Waals surface area contributed by atoms with Crippen LogP contribution in [0.5, 0.6) is 0 Å². The molecular formula is C18H34P2. The largest absolute Gasteiger partial charge is 0.0533 e. The van der Waals surface area contributed by atoms with E-state index in [1.54, 1.807) is 16.5 Å². The average Bonchev–Trinajstić information content (AvgIpc) is 2.68. The van der Waals surface area contributed by atoms with Gasteiger partial charge in [-0.25, -0.2) is 0 Å². The summed E-state index contributed by atoms with van der Waals surface area (Å²) in [5.74, 6) is 0. The molecule has 0 aliphatic heterocycles. The Bertz CT molecular complexity index is 185. The van der Waals surface area contributed by atoms with E-state index < -0.39 is 0 Å². The lowest BCUT2D eigenvalue weighted by Crippen LogP contribution is -2.02. The van der Waals surface area contributed by atoms with Crippen molar-refractivity contribution in [1.29, 1.82) is 0 Å². The maximum Gasteiger partial charge on any atom is -0.0125 e. The molecule has 0 heterocycles. The predicted octanol–water partition coefficient (Wildman–Crippen LogP) is 7.80. The smallest absolute Gasteiger partial charge is 0.0125 e. The van der Waals surface area contributed by atoms with Crippen LogP contribution in [0.1, 0.15) is 103 Å². The fraction of sp³-hybridized carbons (Fsp3) is 1.00. The van der Waals surface area contributed by atoms with E-state index in [0.717, 1.165) is 11.3 Å². The third-order valence-corrected chi connectivity index (χ3v) is 9.22. The van der Waals surface area contributed by atoms with Crippen molar-refractivity contribution in [1.82, 2.24) is 0 Å². The van der Waals surface area contributed by atoms with Crippen LogP contribution in [-0.4, -0.2) is 11.3 Å². The van der Waals surface area contributed by atoms with E-state index in [1.165, 1.54) is 103 Å². The summed E-state index contributed by atoms with van der Waals surface area (Å²) in [7, 11) is 3.60. The van der Waals surface area contributed by atoms with Crippen molar-refractivity contribution in [2.75, 3.05) is 0 Å². The van der Waals surface area contributed by atoms with E-state index in [9.17, 15) is 0 Å². The summed E-state index contributed by atoms with van der Waals surface area (Å²) in [5, 5.41) is 0. The molecule has 0 aromatic rings. The molecule has 2 radical (unpaired) electrons. The van der Waals surface area contributed by atoms with Gasteiger partial charge in [-0.15, -0.1) is 0 Å². The molecule has 0 N–H and O–H groups in total. The Kier molecular flexibility index (Phi) is 9.84. The van der Waals surface area contributed by atoms with Crippen molar-refractivity contribution in [3.63, 3.8) is 0 Å². The predicted molar refractivity (Wildman–Crippen MR) is 95.3 cm³/mol. The Morgan fingerprint density at radius 1 is 0.350 bits per heavy atom.